The zero-order valence-electron chi connectivity index (χ0n) is 9.41. The van der Waals surface area contributed by atoms with E-state index in [0.29, 0.717) is 0 Å². The standard InChI is InChI=1S/C15H11BrO/c1-3-11-7-8-14(17-2)10-15(11)12-5-4-6-13(16)9-12/h1,4-10H,2H3. The average Bonchev–Trinajstić information content (AvgIpc) is 2.38. The molecule has 84 valence electrons. The smallest absolute Gasteiger partial charge is 0.119 e. The van der Waals surface area contributed by atoms with E-state index in [2.05, 4.69) is 21.9 Å². The van der Waals surface area contributed by atoms with E-state index >= 15 is 0 Å². The molecule has 0 spiro atoms. The van der Waals surface area contributed by atoms with Crippen LogP contribution in [0, 0.1) is 12.3 Å². The van der Waals surface area contributed by atoms with Crippen LogP contribution in [0.1, 0.15) is 5.56 Å². The Kier molecular flexibility index (Phi) is 3.51. The van der Waals surface area contributed by atoms with Crippen molar-refractivity contribution in [1.29, 1.82) is 0 Å². The normalized spacial score (nSPS) is 9.71. The summed E-state index contributed by atoms with van der Waals surface area (Å²) in [6.45, 7) is 0. The summed E-state index contributed by atoms with van der Waals surface area (Å²) in [5.41, 5.74) is 2.95. The van der Waals surface area contributed by atoms with Gasteiger partial charge in [0, 0.05) is 15.6 Å². The second-order valence-electron chi connectivity index (χ2n) is 3.57. The molecule has 0 unspecified atom stereocenters. The maximum atomic E-state index is 5.52. The molecular weight excluding hydrogens is 276 g/mol. The first-order valence-electron chi connectivity index (χ1n) is 5.15. The van der Waals surface area contributed by atoms with Crippen LogP contribution in [0.3, 0.4) is 0 Å². The molecule has 2 rings (SSSR count). The van der Waals surface area contributed by atoms with Crippen molar-refractivity contribution < 1.29 is 4.74 Å². The molecule has 0 heterocycles. The molecule has 0 saturated carbocycles. The molecular formula is C15H11BrO. The van der Waals surface area contributed by atoms with Crippen molar-refractivity contribution in [3.63, 3.8) is 0 Å². The highest BCUT2D eigenvalue weighted by Crippen LogP contribution is 2.29. The van der Waals surface area contributed by atoms with Crippen LogP contribution in [-0.2, 0) is 0 Å². The third-order valence-corrected chi connectivity index (χ3v) is 3.01. The zero-order valence-corrected chi connectivity index (χ0v) is 11.0. The highest BCUT2D eigenvalue weighted by molar-refractivity contribution is 9.10. The molecule has 2 aromatic rings. The van der Waals surface area contributed by atoms with Crippen molar-refractivity contribution in [3.8, 4) is 29.2 Å². The van der Waals surface area contributed by atoms with Gasteiger partial charge >= 0.3 is 0 Å². The van der Waals surface area contributed by atoms with Gasteiger partial charge in [0.2, 0.25) is 0 Å². The summed E-state index contributed by atoms with van der Waals surface area (Å²) in [7, 11) is 1.65. The molecule has 0 aliphatic heterocycles. The van der Waals surface area contributed by atoms with Crippen LogP contribution >= 0.6 is 15.9 Å². The number of rotatable bonds is 2. The van der Waals surface area contributed by atoms with Crippen molar-refractivity contribution in [2.24, 2.45) is 0 Å². The number of benzene rings is 2. The van der Waals surface area contributed by atoms with E-state index in [4.69, 9.17) is 11.2 Å². The molecule has 0 aliphatic carbocycles. The van der Waals surface area contributed by atoms with Crippen LogP contribution in [0.15, 0.2) is 46.9 Å². The molecule has 2 aromatic carbocycles. The maximum Gasteiger partial charge on any atom is 0.119 e. The van der Waals surface area contributed by atoms with Crippen LogP contribution in [0.2, 0.25) is 0 Å². The third kappa shape index (κ3) is 2.51. The van der Waals surface area contributed by atoms with Crippen LogP contribution in [0.4, 0.5) is 0 Å². The molecule has 0 radical (unpaired) electrons. The highest BCUT2D eigenvalue weighted by Gasteiger charge is 2.05. The minimum Gasteiger partial charge on any atom is -0.497 e. The van der Waals surface area contributed by atoms with Crippen molar-refractivity contribution in [2.45, 2.75) is 0 Å². The minimum atomic E-state index is 0.805. The van der Waals surface area contributed by atoms with E-state index in [1.54, 1.807) is 7.11 Å². The minimum absolute atomic E-state index is 0.805. The van der Waals surface area contributed by atoms with Gasteiger partial charge in [0.1, 0.15) is 5.75 Å². The number of ether oxygens (including phenoxy) is 1. The number of methoxy groups -OCH3 is 1. The Hall–Kier alpha value is -1.72. The largest absolute Gasteiger partial charge is 0.497 e. The lowest BCUT2D eigenvalue weighted by Crippen LogP contribution is -1.88. The number of hydrogen-bond donors (Lipinski definition) is 0. The first kappa shape index (κ1) is 11.8. The Balaban J connectivity index is 2.61. The molecule has 0 bridgehead atoms. The van der Waals surface area contributed by atoms with E-state index < -0.39 is 0 Å². The molecule has 17 heavy (non-hydrogen) atoms. The van der Waals surface area contributed by atoms with Crippen LogP contribution in [-0.4, -0.2) is 7.11 Å². The van der Waals surface area contributed by atoms with Gasteiger partial charge < -0.3 is 4.74 Å². The summed E-state index contributed by atoms with van der Waals surface area (Å²) in [6.07, 6.45) is 5.52. The molecule has 0 aromatic heterocycles. The number of hydrogen-bond acceptors (Lipinski definition) is 1. The van der Waals surface area contributed by atoms with E-state index in [9.17, 15) is 0 Å². The number of terminal acetylenes is 1. The van der Waals surface area contributed by atoms with E-state index in [1.165, 1.54) is 0 Å². The summed E-state index contributed by atoms with van der Waals surface area (Å²) < 4.78 is 6.25. The predicted molar refractivity (Wildman–Crippen MR) is 74.1 cm³/mol. The van der Waals surface area contributed by atoms with Gasteiger partial charge in [-0.25, -0.2) is 0 Å². The fraction of sp³-hybridized carbons (Fsp3) is 0.0667. The van der Waals surface area contributed by atoms with E-state index in [1.807, 2.05) is 42.5 Å². The summed E-state index contributed by atoms with van der Waals surface area (Å²) in [6, 6.07) is 13.8. The average molecular weight is 287 g/mol. The summed E-state index contributed by atoms with van der Waals surface area (Å²) >= 11 is 3.46. The van der Waals surface area contributed by atoms with Gasteiger partial charge in [0.05, 0.1) is 7.11 Å². The Morgan fingerprint density at radius 3 is 2.65 bits per heavy atom. The zero-order chi connectivity index (χ0) is 12.3. The topological polar surface area (TPSA) is 9.23 Å². The van der Waals surface area contributed by atoms with Gasteiger partial charge in [-0.2, -0.15) is 0 Å². The quantitative estimate of drug-likeness (QED) is 0.755. The SMILES string of the molecule is C#Cc1ccc(OC)cc1-c1cccc(Br)c1. The summed E-state index contributed by atoms with van der Waals surface area (Å²) in [5, 5.41) is 0. The van der Waals surface area contributed by atoms with Crippen molar-refractivity contribution in [2.75, 3.05) is 7.11 Å². The lowest BCUT2D eigenvalue weighted by Gasteiger charge is -2.08. The van der Waals surface area contributed by atoms with Crippen molar-refractivity contribution in [1.82, 2.24) is 0 Å². The van der Waals surface area contributed by atoms with Crippen LogP contribution < -0.4 is 4.74 Å². The lowest BCUT2D eigenvalue weighted by atomic mass is 10.00. The summed E-state index contributed by atoms with van der Waals surface area (Å²) in [4.78, 5) is 0. The molecule has 0 amide bonds. The second-order valence-corrected chi connectivity index (χ2v) is 4.48. The third-order valence-electron chi connectivity index (χ3n) is 2.52. The van der Waals surface area contributed by atoms with Crippen LogP contribution in [0.5, 0.6) is 5.75 Å². The molecule has 0 atom stereocenters. The van der Waals surface area contributed by atoms with E-state index in [-0.39, 0.29) is 0 Å². The number of halogens is 1. The molecule has 2 heteroatoms. The fourth-order valence-corrected chi connectivity index (χ4v) is 2.07. The first-order valence-corrected chi connectivity index (χ1v) is 5.94. The summed E-state index contributed by atoms with van der Waals surface area (Å²) in [5.74, 6) is 3.50. The molecule has 0 saturated heterocycles. The van der Waals surface area contributed by atoms with Crippen LogP contribution in [0.25, 0.3) is 11.1 Å². The Morgan fingerprint density at radius 2 is 2.00 bits per heavy atom. The van der Waals surface area contributed by atoms with Gasteiger partial charge in [-0.05, 0) is 35.9 Å². The van der Waals surface area contributed by atoms with Crippen molar-refractivity contribution >= 4 is 15.9 Å². The maximum absolute atomic E-state index is 5.52. The molecule has 0 fully saturated rings. The Morgan fingerprint density at radius 1 is 1.18 bits per heavy atom. The lowest BCUT2D eigenvalue weighted by molar-refractivity contribution is 0.415. The van der Waals surface area contributed by atoms with Gasteiger partial charge in [-0.3, -0.25) is 0 Å². The monoisotopic (exact) mass is 286 g/mol. The highest BCUT2D eigenvalue weighted by atomic mass is 79.9. The Bertz CT molecular complexity index is 582. The first-order chi connectivity index (χ1) is 8.24. The van der Waals surface area contributed by atoms with Gasteiger partial charge in [-0.1, -0.05) is 34.0 Å². The van der Waals surface area contributed by atoms with Gasteiger partial charge in [0.15, 0.2) is 0 Å². The van der Waals surface area contributed by atoms with Crippen molar-refractivity contribution in [3.05, 3.63) is 52.5 Å². The van der Waals surface area contributed by atoms with Gasteiger partial charge in [-0.15, -0.1) is 6.42 Å². The molecule has 1 nitrogen and oxygen atoms in total. The molecule has 0 N–H and O–H groups in total. The van der Waals surface area contributed by atoms with Gasteiger partial charge in [0.25, 0.3) is 0 Å². The van der Waals surface area contributed by atoms with E-state index in [0.717, 1.165) is 26.9 Å². The fourth-order valence-electron chi connectivity index (χ4n) is 1.67. The second kappa shape index (κ2) is 5.07. The predicted octanol–water partition coefficient (Wildman–Crippen LogP) is 4.11. The Labute approximate surface area is 110 Å². The molecule has 0 aliphatic rings.